The molecule has 0 amide bonds. The minimum Gasteiger partial charge on any atom is -0.497 e. The smallest absolute Gasteiger partial charge is 0.150 e. The summed E-state index contributed by atoms with van der Waals surface area (Å²) in [5.41, 5.74) is 9.73. The molecule has 2 aromatic carbocycles. The van der Waals surface area contributed by atoms with Gasteiger partial charge in [-0.15, -0.1) is 0 Å². The van der Waals surface area contributed by atoms with Crippen molar-refractivity contribution in [1.29, 1.82) is 5.26 Å². The third kappa shape index (κ3) is 7.44. The van der Waals surface area contributed by atoms with Crippen LogP contribution in [0.15, 0.2) is 72.2 Å². The van der Waals surface area contributed by atoms with Crippen molar-refractivity contribution in [2.45, 2.75) is 59.1 Å². The Hall–Kier alpha value is -4.25. The van der Waals surface area contributed by atoms with Crippen LogP contribution in [0.25, 0.3) is 0 Å². The third-order valence-corrected chi connectivity index (χ3v) is 7.53. The van der Waals surface area contributed by atoms with Crippen LogP contribution in [-0.2, 0) is 11.3 Å². The van der Waals surface area contributed by atoms with Gasteiger partial charge in [-0.1, -0.05) is 37.3 Å². The van der Waals surface area contributed by atoms with Gasteiger partial charge in [0.1, 0.15) is 42.0 Å². The van der Waals surface area contributed by atoms with Crippen molar-refractivity contribution in [2.75, 3.05) is 11.1 Å². The lowest BCUT2D eigenvalue weighted by Gasteiger charge is -2.37. The molecule has 3 N–H and O–H groups in total. The molecule has 40 heavy (non-hydrogen) atoms. The summed E-state index contributed by atoms with van der Waals surface area (Å²) < 4.78 is 19.5. The highest BCUT2D eigenvalue weighted by Crippen LogP contribution is 2.40. The van der Waals surface area contributed by atoms with E-state index >= 15 is 0 Å². The molecule has 1 aliphatic carbocycles. The lowest BCUT2D eigenvalue weighted by molar-refractivity contribution is 0.194. The average Bonchev–Trinajstić information content (AvgIpc) is 2.92. The van der Waals surface area contributed by atoms with Crippen LogP contribution in [0.3, 0.4) is 0 Å². The number of hydrogen-bond donors (Lipinski definition) is 2. The van der Waals surface area contributed by atoms with Crippen molar-refractivity contribution < 1.29 is 9.13 Å². The van der Waals surface area contributed by atoms with Crippen LogP contribution in [0, 0.1) is 41.8 Å². The number of ether oxygens (including phenoxy) is 1. The predicted octanol–water partition coefficient (Wildman–Crippen LogP) is 7.12. The maximum absolute atomic E-state index is 13.8. The molecule has 8 heteroatoms. The first-order valence-corrected chi connectivity index (χ1v) is 13.8. The summed E-state index contributed by atoms with van der Waals surface area (Å²) in [6.45, 7) is 6.61. The summed E-state index contributed by atoms with van der Waals surface area (Å²) in [5, 5.41) is 12.9. The van der Waals surface area contributed by atoms with Crippen LogP contribution >= 0.6 is 0 Å². The number of halogens is 1. The molecule has 0 aliphatic heterocycles. The number of anilines is 2. The highest BCUT2D eigenvalue weighted by atomic mass is 19.1. The van der Waals surface area contributed by atoms with E-state index in [2.05, 4.69) is 46.5 Å². The van der Waals surface area contributed by atoms with Crippen molar-refractivity contribution in [3.05, 3.63) is 89.7 Å². The Morgan fingerprint density at radius 1 is 1.25 bits per heavy atom. The van der Waals surface area contributed by atoms with Crippen LogP contribution in [0.2, 0.25) is 0 Å². The van der Waals surface area contributed by atoms with Gasteiger partial charge in [-0.2, -0.15) is 5.26 Å². The number of rotatable bonds is 12. The fourth-order valence-electron chi connectivity index (χ4n) is 5.24. The number of aryl methyl sites for hydroxylation is 1. The van der Waals surface area contributed by atoms with Crippen LogP contribution in [0.4, 0.5) is 21.7 Å². The first kappa shape index (κ1) is 28.8. The van der Waals surface area contributed by atoms with Crippen LogP contribution in [0.1, 0.15) is 56.2 Å². The lowest BCUT2D eigenvalue weighted by atomic mass is 9.69. The van der Waals surface area contributed by atoms with Crippen LogP contribution < -0.4 is 11.1 Å². The first-order chi connectivity index (χ1) is 19.4. The fourth-order valence-corrected chi connectivity index (χ4v) is 5.24. The monoisotopic (exact) mass is 540 g/mol. The Labute approximate surface area is 236 Å². The molecule has 2 unspecified atom stereocenters. The zero-order valence-corrected chi connectivity index (χ0v) is 23.3. The maximum atomic E-state index is 13.8. The molecular formula is C32H37FN6O. The van der Waals surface area contributed by atoms with Gasteiger partial charge >= 0.3 is 0 Å². The van der Waals surface area contributed by atoms with Gasteiger partial charge in [0.2, 0.25) is 0 Å². The van der Waals surface area contributed by atoms with Crippen molar-refractivity contribution in [3.8, 4) is 6.07 Å². The van der Waals surface area contributed by atoms with Gasteiger partial charge in [-0.25, -0.2) is 14.4 Å². The third-order valence-electron chi connectivity index (χ3n) is 7.53. The largest absolute Gasteiger partial charge is 0.497 e. The van der Waals surface area contributed by atoms with E-state index in [1.54, 1.807) is 6.07 Å². The number of aliphatic imine (C=N–C) groups is 1. The molecule has 7 nitrogen and oxygen atoms in total. The lowest BCUT2D eigenvalue weighted by Crippen LogP contribution is -2.35. The number of benzene rings is 2. The normalized spacial score (nSPS) is 18.5. The molecule has 1 heterocycles. The number of nitrogen functional groups attached to an aromatic ring is 1. The molecule has 1 aliphatic rings. The van der Waals surface area contributed by atoms with Crippen LogP contribution in [-0.4, -0.2) is 21.7 Å². The Morgan fingerprint density at radius 2 is 2.02 bits per heavy atom. The molecule has 0 radical (unpaired) electrons. The minimum atomic E-state index is -0.285. The summed E-state index contributed by atoms with van der Waals surface area (Å²) in [6.07, 6.45) is 9.45. The Morgan fingerprint density at radius 3 is 2.73 bits per heavy atom. The number of aromatic nitrogens is 2. The first-order valence-electron chi connectivity index (χ1n) is 13.8. The number of allylic oxidation sites excluding steroid dienone is 1. The molecule has 0 spiro atoms. The van der Waals surface area contributed by atoms with E-state index in [-0.39, 0.29) is 29.2 Å². The zero-order chi connectivity index (χ0) is 28.5. The van der Waals surface area contributed by atoms with Gasteiger partial charge < -0.3 is 15.8 Å². The average molecular weight is 541 g/mol. The van der Waals surface area contributed by atoms with E-state index in [1.807, 2.05) is 38.3 Å². The van der Waals surface area contributed by atoms with E-state index in [9.17, 15) is 9.65 Å². The standard InChI is InChI=1S/C32H37FN6O/c1-4-26(17-25-15-24(16-25)12-13-40-19-23-8-6-5-7-9-23)30(39-29-11-10-27(33)14-21(29)2)22(3)38-32-28(18-34)31(35)36-20-37-32/h5-14,20,22,24-26H,4,15-17,19H2,1-3H3,(H3,35,36,37,38). The van der Waals surface area contributed by atoms with Crippen molar-refractivity contribution in [1.82, 2.24) is 9.97 Å². The number of nitriles is 1. The number of hydrogen-bond acceptors (Lipinski definition) is 7. The summed E-state index contributed by atoms with van der Waals surface area (Å²) in [5.74, 6) is 1.51. The molecule has 0 bridgehead atoms. The maximum Gasteiger partial charge on any atom is 0.150 e. The Kier molecular flexibility index (Phi) is 9.85. The van der Waals surface area contributed by atoms with Crippen LogP contribution in [0.5, 0.6) is 0 Å². The summed E-state index contributed by atoms with van der Waals surface area (Å²) in [4.78, 5) is 13.3. The van der Waals surface area contributed by atoms with Gasteiger partial charge in [-0.05, 0) is 92.7 Å². The van der Waals surface area contributed by atoms with E-state index in [1.165, 1.54) is 18.5 Å². The van der Waals surface area contributed by atoms with Crippen molar-refractivity contribution in [3.63, 3.8) is 0 Å². The number of nitrogens with two attached hydrogens (primary N) is 1. The predicted molar refractivity (Wildman–Crippen MR) is 157 cm³/mol. The van der Waals surface area contributed by atoms with E-state index in [4.69, 9.17) is 15.5 Å². The summed E-state index contributed by atoms with van der Waals surface area (Å²) in [6, 6.07) is 16.6. The van der Waals surface area contributed by atoms with Crippen molar-refractivity contribution >= 4 is 23.0 Å². The Balaban J connectivity index is 1.45. The van der Waals surface area contributed by atoms with Crippen molar-refractivity contribution in [2.24, 2.45) is 22.7 Å². The molecular weight excluding hydrogens is 503 g/mol. The SMILES string of the molecule is CCC(CC1CC(C=COCc2ccccc2)C1)C(=Nc1ccc(F)cc1C)C(C)Nc1ncnc(N)c1C#N. The van der Waals surface area contributed by atoms with Gasteiger partial charge in [-0.3, -0.25) is 4.99 Å². The number of nitrogens with zero attached hydrogens (tertiary/aromatic N) is 4. The van der Waals surface area contributed by atoms with E-state index in [0.29, 0.717) is 24.3 Å². The molecule has 0 saturated heterocycles. The minimum absolute atomic E-state index is 0.133. The van der Waals surface area contributed by atoms with Gasteiger partial charge in [0.25, 0.3) is 0 Å². The quantitative estimate of drug-likeness (QED) is 0.187. The van der Waals surface area contributed by atoms with Gasteiger partial charge in [0.15, 0.2) is 0 Å². The highest BCUT2D eigenvalue weighted by molar-refractivity contribution is 5.95. The zero-order valence-electron chi connectivity index (χ0n) is 23.3. The fraction of sp³-hybridized carbons (Fsp3) is 0.375. The molecule has 2 atom stereocenters. The molecule has 1 saturated carbocycles. The second kappa shape index (κ2) is 13.7. The Bertz CT molecular complexity index is 1380. The number of nitrogens with one attached hydrogen (secondary N) is 1. The second-order valence-electron chi connectivity index (χ2n) is 10.5. The summed E-state index contributed by atoms with van der Waals surface area (Å²) in [7, 11) is 0. The summed E-state index contributed by atoms with van der Waals surface area (Å²) >= 11 is 0. The van der Waals surface area contributed by atoms with Gasteiger partial charge in [0, 0.05) is 5.71 Å². The van der Waals surface area contributed by atoms with E-state index in [0.717, 1.165) is 48.2 Å². The second-order valence-corrected chi connectivity index (χ2v) is 10.5. The topological polar surface area (TPSA) is 109 Å². The highest BCUT2D eigenvalue weighted by Gasteiger charge is 2.32. The van der Waals surface area contributed by atoms with E-state index < -0.39 is 0 Å². The molecule has 208 valence electrons. The molecule has 1 aromatic heterocycles. The van der Waals surface area contributed by atoms with Gasteiger partial charge in [0.05, 0.1) is 18.0 Å². The molecule has 3 aromatic rings. The molecule has 1 fully saturated rings. The molecule has 4 rings (SSSR count).